The van der Waals surface area contributed by atoms with Crippen molar-refractivity contribution in [3.8, 4) is 0 Å². The van der Waals surface area contributed by atoms with Gasteiger partial charge in [-0.25, -0.2) is 0 Å². The summed E-state index contributed by atoms with van der Waals surface area (Å²) in [6.45, 7) is 2.16. The predicted octanol–water partition coefficient (Wildman–Crippen LogP) is 6.57. The molecule has 1 rings (SSSR count). The van der Waals surface area contributed by atoms with E-state index >= 15 is 0 Å². The number of aldehydes is 1. The number of hydrogen-bond acceptors (Lipinski definition) is 1. The third-order valence-electron chi connectivity index (χ3n) is 3.99. The molecule has 0 radical (unpaired) electrons. The van der Waals surface area contributed by atoms with E-state index in [0.717, 1.165) is 32.0 Å². The maximum absolute atomic E-state index is 10.6. The molecule has 0 aliphatic carbocycles. The minimum Gasteiger partial charge on any atom is -0.356 e. The zero-order valence-corrected chi connectivity index (χ0v) is 15.2. The highest BCUT2D eigenvalue weighted by atomic mass is 16.1. The number of H-pyrrole nitrogens is 1. The average Bonchev–Trinajstić information content (AvgIpc) is 3.06. The average molecular weight is 328 g/mol. The standard InChI is InChI=1S/C22H33NO/c1-2-3-4-5-6-7-8-9-10-11-12-13-14-15-16-17-21-18-19-22(20-24)23-21/h3-4,6-7,9-10,18-20,23H,2,5,8,11-17H2,1H3/b4-3-,7-6-,10-9-. The summed E-state index contributed by atoms with van der Waals surface area (Å²) in [5.74, 6) is 0. The number of hydrogen-bond donors (Lipinski definition) is 1. The second-order valence-electron chi connectivity index (χ2n) is 6.16. The fourth-order valence-electron chi connectivity index (χ4n) is 2.61. The van der Waals surface area contributed by atoms with E-state index in [1.165, 1.54) is 44.2 Å². The lowest BCUT2D eigenvalue weighted by Gasteiger charge is -2.00. The molecule has 1 aromatic rings. The Kier molecular flexibility index (Phi) is 12.4. The summed E-state index contributed by atoms with van der Waals surface area (Å²) in [7, 11) is 0. The molecule has 0 saturated carbocycles. The zero-order valence-electron chi connectivity index (χ0n) is 15.2. The third kappa shape index (κ3) is 10.8. The van der Waals surface area contributed by atoms with E-state index in [0.29, 0.717) is 5.69 Å². The smallest absolute Gasteiger partial charge is 0.166 e. The molecule has 24 heavy (non-hydrogen) atoms. The van der Waals surface area contributed by atoms with E-state index in [1.54, 1.807) is 0 Å². The number of rotatable bonds is 14. The molecule has 0 amide bonds. The van der Waals surface area contributed by atoms with E-state index in [9.17, 15) is 4.79 Å². The van der Waals surface area contributed by atoms with Crippen LogP contribution in [0.5, 0.6) is 0 Å². The van der Waals surface area contributed by atoms with Crippen molar-refractivity contribution in [2.45, 2.75) is 71.1 Å². The van der Waals surface area contributed by atoms with Crippen LogP contribution in [0.1, 0.15) is 80.9 Å². The van der Waals surface area contributed by atoms with Crippen LogP contribution in [0.2, 0.25) is 0 Å². The first-order valence-electron chi connectivity index (χ1n) is 9.45. The molecule has 1 N–H and O–H groups in total. The van der Waals surface area contributed by atoms with Gasteiger partial charge in [-0.3, -0.25) is 4.79 Å². The number of allylic oxidation sites excluding steroid dienone is 6. The Morgan fingerprint density at radius 2 is 1.50 bits per heavy atom. The lowest BCUT2D eigenvalue weighted by Crippen LogP contribution is -1.87. The SMILES string of the molecule is CC/C=C\C/C=C\C/C=C\CCCCCCCc1ccc(C=O)[nH]1. The van der Waals surface area contributed by atoms with E-state index in [-0.39, 0.29) is 0 Å². The van der Waals surface area contributed by atoms with Gasteiger partial charge in [0.1, 0.15) is 0 Å². The van der Waals surface area contributed by atoms with Crippen LogP contribution in [0.25, 0.3) is 0 Å². The zero-order chi connectivity index (χ0) is 17.3. The Bertz CT molecular complexity index is 508. The first-order valence-corrected chi connectivity index (χ1v) is 9.45. The molecule has 0 aromatic carbocycles. The second-order valence-corrected chi connectivity index (χ2v) is 6.16. The second kappa shape index (κ2) is 14.7. The third-order valence-corrected chi connectivity index (χ3v) is 3.99. The van der Waals surface area contributed by atoms with Crippen molar-refractivity contribution in [1.82, 2.24) is 4.98 Å². The van der Waals surface area contributed by atoms with Crippen molar-refractivity contribution < 1.29 is 4.79 Å². The maximum atomic E-state index is 10.6. The Morgan fingerprint density at radius 3 is 2.21 bits per heavy atom. The van der Waals surface area contributed by atoms with Crippen LogP contribution < -0.4 is 0 Å². The molecule has 0 saturated heterocycles. The van der Waals surface area contributed by atoms with Crippen molar-refractivity contribution in [2.75, 3.05) is 0 Å². The van der Waals surface area contributed by atoms with Gasteiger partial charge in [-0.05, 0) is 57.1 Å². The number of aryl methyl sites for hydroxylation is 1. The van der Waals surface area contributed by atoms with Crippen LogP contribution in [0, 0.1) is 0 Å². The highest BCUT2D eigenvalue weighted by Crippen LogP contribution is 2.10. The largest absolute Gasteiger partial charge is 0.356 e. The normalized spacial score (nSPS) is 12.0. The molecule has 0 aliphatic heterocycles. The molecular formula is C22H33NO. The summed E-state index contributed by atoms with van der Waals surface area (Å²) in [5.41, 5.74) is 1.86. The molecule has 0 atom stereocenters. The van der Waals surface area contributed by atoms with Crippen molar-refractivity contribution >= 4 is 6.29 Å². The van der Waals surface area contributed by atoms with Crippen LogP contribution in [-0.4, -0.2) is 11.3 Å². The summed E-state index contributed by atoms with van der Waals surface area (Å²) in [5, 5.41) is 0. The molecule has 2 heteroatoms. The van der Waals surface area contributed by atoms with Gasteiger partial charge in [0, 0.05) is 5.69 Å². The molecule has 0 fully saturated rings. The first-order chi connectivity index (χ1) is 11.9. The predicted molar refractivity (Wildman–Crippen MR) is 105 cm³/mol. The Morgan fingerprint density at radius 1 is 0.833 bits per heavy atom. The highest BCUT2D eigenvalue weighted by Gasteiger charge is 1.97. The van der Waals surface area contributed by atoms with E-state index in [4.69, 9.17) is 0 Å². The van der Waals surface area contributed by atoms with Crippen LogP contribution in [0.4, 0.5) is 0 Å². The van der Waals surface area contributed by atoms with Gasteiger partial charge in [0.05, 0.1) is 5.69 Å². The number of carbonyl (C=O) groups is 1. The Hall–Kier alpha value is -1.83. The molecule has 1 aromatic heterocycles. The quantitative estimate of drug-likeness (QED) is 0.234. The van der Waals surface area contributed by atoms with Crippen LogP contribution in [0.3, 0.4) is 0 Å². The number of aromatic amines is 1. The molecule has 132 valence electrons. The number of aromatic nitrogens is 1. The van der Waals surface area contributed by atoms with Gasteiger partial charge in [0.15, 0.2) is 6.29 Å². The number of nitrogens with one attached hydrogen (secondary N) is 1. The molecule has 1 heterocycles. The van der Waals surface area contributed by atoms with Crippen LogP contribution >= 0.6 is 0 Å². The maximum Gasteiger partial charge on any atom is 0.166 e. The molecule has 2 nitrogen and oxygen atoms in total. The minimum atomic E-state index is 0.684. The van der Waals surface area contributed by atoms with Crippen LogP contribution in [-0.2, 0) is 6.42 Å². The van der Waals surface area contributed by atoms with Crippen molar-refractivity contribution in [2.24, 2.45) is 0 Å². The summed E-state index contributed by atoms with van der Waals surface area (Å²) in [6.07, 6.45) is 26.2. The summed E-state index contributed by atoms with van der Waals surface area (Å²) in [4.78, 5) is 13.7. The van der Waals surface area contributed by atoms with E-state index in [2.05, 4.69) is 48.4 Å². The molecule has 0 unspecified atom stereocenters. The molecule has 0 spiro atoms. The van der Waals surface area contributed by atoms with Crippen molar-refractivity contribution in [3.63, 3.8) is 0 Å². The molecular weight excluding hydrogens is 294 g/mol. The number of carbonyl (C=O) groups excluding carboxylic acids is 1. The summed E-state index contributed by atoms with van der Waals surface area (Å²) in [6, 6.07) is 3.87. The van der Waals surface area contributed by atoms with Crippen LogP contribution in [0.15, 0.2) is 48.6 Å². The topological polar surface area (TPSA) is 32.9 Å². The Balaban J connectivity index is 1.88. The summed E-state index contributed by atoms with van der Waals surface area (Å²) < 4.78 is 0. The van der Waals surface area contributed by atoms with Gasteiger partial charge in [-0.2, -0.15) is 0 Å². The van der Waals surface area contributed by atoms with Gasteiger partial charge >= 0.3 is 0 Å². The van der Waals surface area contributed by atoms with E-state index < -0.39 is 0 Å². The fraction of sp³-hybridized carbons (Fsp3) is 0.500. The van der Waals surface area contributed by atoms with E-state index in [1.807, 2.05) is 12.1 Å². The lowest BCUT2D eigenvalue weighted by atomic mass is 10.1. The van der Waals surface area contributed by atoms with Gasteiger partial charge in [-0.1, -0.05) is 62.6 Å². The van der Waals surface area contributed by atoms with Gasteiger partial charge in [-0.15, -0.1) is 0 Å². The van der Waals surface area contributed by atoms with Gasteiger partial charge < -0.3 is 4.98 Å². The van der Waals surface area contributed by atoms with Gasteiger partial charge in [0.25, 0.3) is 0 Å². The fourth-order valence-corrected chi connectivity index (χ4v) is 2.61. The monoisotopic (exact) mass is 327 g/mol. The highest BCUT2D eigenvalue weighted by molar-refractivity contribution is 5.71. The van der Waals surface area contributed by atoms with Gasteiger partial charge in [0.2, 0.25) is 0 Å². The van der Waals surface area contributed by atoms with Crippen molar-refractivity contribution in [1.29, 1.82) is 0 Å². The number of unbranched alkanes of at least 4 members (excludes halogenated alkanes) is 5. The lowest BCUT2D eigenvalue weighted by molar-refractivity contribution is 0.111. The minimum absolute atomic E-state index is 0.684. The van der Waals surface area contributed by atoms with Crippen molar-refractivity contribution in [3.05, 3.63) is 60.0 Å². The Labute approximate surface area is 147 Å². The molecule has 0 aliphatic rings. The molecule has 0 bridgehead atoms. The summed E-state index contributed by atoms with van der Waals surface area (Å²) >= 11 is 0. The first kappa shape index (κ1) is 20.2.